The summed E-state index contributed by atoms with van der Waals surface area (Å²) < 4.78 is 41.1. The lowest BCUT2D eigenvalue weighted by atomic mass is 9.92. The zero-order valence-corrected chi connectivity index (χ0v) is 53.4. The molecule has 0 saturated carbocycles. The number of fused-ring (bicyclic) bond motifs is 1. The van der Waals surface area contributed by atoms with E-state index in [-0.39, 0.29) is 30.4 Å². The number of amides is 6. The fourth-order valence-corrected chi connectivity index (χ4v) is 12.8. The van der Waals surface area contributed by atoms with Crippen LogP contribution >= 0.6 is 11.6 Å². The fourth-order valence-electron chi connectivity index (χ4n) is 12.6. The average molecular weight is 1420 g/mol. The summed E-state index contributed by atoms with van der Waals surface area (Å²) in [5.74, 6) is -9.24. The van der Waals surface area contributed by atoms with Gasteiger partial charge in [-0.2, -0.15) is 0 Å². The predicted molar refractivity (Wildman–Crippen MR) is 333 cm³/mol. The minimum Gasteiger partial charge on any atom is -0.462 e. The van der Waals surface area contributed by atoms with E-state index < -0.39 is 239 Å². The minimum atomic E-state index is -2.36. The highest BCUT2D eigenvalue weighted by Gasteiger charge is 2.56. The first kappa shape index (κ1) is 74.1. The molecule has 0 aliphatic carbocycles. The van der Waals surface area contributed by atoms with Crippen molar-refractivity contribution in [2.24, 2.45) is 0 Å². The van der Waals surface area contributed by atoms with Gasteiger partial charge in [-0.15, -0.1) is 0 Å². The molecule has 0 bridgehead atoms. The standard InChI is InChI=1S/C61H81ClN12O25/c1-23(25-6-3-2-4-7-25)37-53(90)68-29(14-24-10-12-28(13-11-24)94-58-47(86)44(83)49(34(21-77)96-58)99-59-48(87)45(84)50-35(97-59)22-93-57(98-50)26-8-5-9-27(62)15-26)52(89)72-38(40(79)30-16-66-60(63)70-30)55(92)73-39(54(91)69-31(19-75)51(88)65-18-36(78)71-37)41(80)32-17-67-61(64)74(32)56-46(85)43(82)42(81)33(20-76)95-56/h2-13,15,23,29-35,37-50,56-59,75-77,79-87H,14,16-22H2,1H3,(H2,64,67)(H,65,88)(H,68,90)(H,69,91)(H,71,78)(H,72,89)(H,73,92)(H3,63,66,70). The molecule has 10 rings (SSSR count). The Morgan fingerprint density at radius 2 is 1.27 bits per heavy atom. The molecule has 7 saturated heterocycles. The number of nitrogens with one attached hydrogen (secondary N) is 11. The molecule has 3 aromatic carbocycles. The maximum absolute atomic E-state index is 15.2. The Hall–Kier alpha value is -7.61. The lowest BCUT2D eigenvalue weighted by Gasteiger charge is -2.48. The summed E-state index contributed by atoms with van der Waals surface area (Å²) in [4.78, 5) is 88.3. The molecule has 6 amide bonds. The molecule has 7 aliphatic heterocycles. The lowest BCUT2D eigenvalue weighted by molar-refractivity contribution is -0.383. The largest absolute Gasteiger partial charge is 0.462 e. The summed E-state index contributed by atoms with van der Waals surface area (Å²) in [6.07, 6.45) is -31.1. The van der Waals surface area contributed by atoms with Crippen LogP contribution in [0.1, 0.15) is 35.8 Å². The molecule has 542 valence electrons. The van der Waals surface area contributed by atoms with Gasteiger partial charge < -0.3 is 147 Å². The van der Waals surface area contributed by atoms with E-state index in [1.54, 1.807) is 61.5 Å². The maximum Gasteiger partial charge on any atom is 0.246 e. The predicted octanol–water partition coefficient (Wildman–Crippen LogP) is -9.78. The second-order valence-electron chi connectivity index (χ2n) is 24.8. The van der Waals surface area contributed by atoms with Crippen LogP contribution in [0.4, 0.5) is 0 Å². The SMILES string of the molecule is CC(c1ccccc1)C1NC(=O)CNC(=O)C(CO)NC(=O)C(C(O)C2CNC(=N)N2C2OC(CO)C(O)C(O)C2O)NC(=O)C(C(O)C2CNC(=N)N2)NC(=O)C(Cc2ccc(OC3OC(CO)C(OC4OC5COC(c6cccc(Cl)c6)OC5C(O)C4O)C(O)C3O)cc2)NC1=O. The number of halogens is 1. The summed E-state index contributed by atoms with van der Waals surface area (Å²) in [6.45, 7) is -3.16. The van der Waals surface area contributed by atoms with Crippen LogP contribution in [0.2, 0.25) is 5.02 Å². The first-order valence-electron chi connectivity index (χ1n) is 31.7. The molecule has 37 nitrogen and oxygen atoms in total. The molecule has 0 radical (unpaired) electrons. The van der Waals surface area contributed by atoms with Gasteiger partial charge in [0.2, 0.25) is 41.7 Å². The third kappa shape index (κ3) is 16.6. The van der Waals surface area contributed by atoms with E-state index in [4.69, 9.17) is 55.6 Å². The van der Waals surface area contributed by atoms with Crippen molar-refractivity contribution in [3.63, 3.8) is 0 Å². The summed E-state index contributed by atoms with van der Waals surface area (Å²) in [7, 11) is 0. The Kier molecular flexibility index (Phi) is 24.2. The van der Waals surface area contributed by atoms with Gasteiger partial charge in [-0.1, -0.05) is 73.1 Å². The van der Waals surface area contributed by atoms with Gasteiger partial charge in [0.25, 0.3) is 0 Å². The van der Waals surface area contributed by atoms with Crippen LogP contribution < -0.4 is 52.6 Å². The number of hydrogen-bond donors (Lipinski definition) is 23. The molecule has 3 aromatic rings. The highest BCUT2D eigenvalue weighted by molar-refractivity contribution is 6.30. The zero-order valence-electron chi connectivity index (χ0n) is 52.7. The number of ether oxygens (including phenoxy) is 7. The highest BCUT2D eigenvalue weighted by Crippen LogP contribution is 2.37. The van der Waals surface area contributed by atoms with Gasteiger partial charge in [0.05, 0.1) is 45.1 Å². The van der Waals surface area contributed by atoms with Crippen LogP contribution in [0.5, 0.6) is 5.75 Å². The highest BCUT2D eigenvalue weighted by atomic mass is 35.5. The number of benzene rings is 3. The Balaban J connectivity index is 0.908. The van der Waals surface area contributed by atoms with Crippen molar-refractivity contribution in [1.82, 2.24) is 52.8 Å². The Bertz CT molecular complexity index is 3360. The van der Waals surface area contributed by atoms with Crippen molar-refractivity contribution in [3.05, 3.63) is 101 Å². The first-order chi connectivity index (χ1) is 47.3. The number of carbonyl (C=O) groups excluding carboxylic acids is 6. The van der Waals surface area contributed by atoms with Crippen molar-refractivity contribution in [2.45, 2.75) is 172 Å². The molecular formula is C61H81ClN12O25. The number of rotatable bonds is 17. The normalized spacial score (nSPS) is 36.9. The smallest absolute Gasteiger partial charge is 0.246 e. The molecular weight excluding hydrogens is 1340 g/mol. The number of carbonyl (C=O) groups is 6. The van der Waals surface area contributed by atoms with Gasteiger partial charge in [-0.05, 0) is 35.4 Å². The molecule has 26 unspecified atom stereocenters. The number of aliphatic hydroxyl groups is 12. The van der Waals surface area contributed by atoms with Crippen LogP contribution in [0.25, 0.3) is 0 Å². The van der Waals surface area contributed by atoms with Gasteiger partial charge in [0.15, 0.2) is 30.7 Å². The van der Waals surface area contributed by atoms with Gasteiger partial charge in [-0.25, -0.2) is 0 Å². The summed E-state index contributed by atoms with van der Waals surface area (Å²) in [5.41, 5.74) is 1.25. The Labute approximate surface area is 568 Å². The van der Waals surface area contributed by atoms with E-state index in [1.807, 2.05) is 0 Å². The molecule has 0 aromatic heterocycles. The molecule has 26 atom stereocenters. The molecule has 23 N–H and O–H groups in total. The van der Waals surface area contributed by atoms with Crippen LogP contribution in [0.3, 0.4) is 0 Å². The Morgan fingerprint density at radius 3 is 1.95 bits per heavy atom. The second kappa shape index (κ2) is 32.4. The summed E-state index contributed by atoms with van der Waals surface area (Å²) in [5, 5.41) is 173. The topological polar surface area (TPSA) is 569 Å². The van der Waals surface area contributed by atoms with Crippen molar-refractivity contribution < 1.29 is 123 Å². The van der Waals surface area contributed by atoms with E-state index >= 15 is 9.59 Å². The molecule has 7 heterocycles. The van der Waals surface area contributed by atoms with E-state index in [0.717, 1.165) is 4.90 Å². The van der Waals surface area contributed by atoms with E-state index in [9.17, 15) is 80.5 Å². The number of guanidine groups is 2. The first-order valence-corrected chi connectivity index (χ1v) is 32.1. The summed E-state index contributed by atoms with van der Waals surface area (Å²) >= 11 is 6.15. The van der Waals surface area contributed by atoms with E-state index in [1.165, 1.54) is 24.3 Å². The summed E-state index contributed by atoms with van der Waals surface area (Å²) in [6, 6.07) is 7.48. The third-order valence-corrected chi connectivity index (χ3v) is 18.4. The molecule has 7 aliphatic rings. The van der Waals surface area contributed by atoms with Gasteiger partial charge in [0, 0.05) is 36.0 Å². The van der Waals surface area contributed by atoms with Crippen LogP contribution in [-0.2, 0) is 63.6 Å². The third-order valence-electron chi connectivity index (χ3n) is 18.2. The quantitative estimate of drug-likeness (QED) is 0.0597. The molecule has 7 fully saturated rings. The molecule has 99 heavy (non-hydrogen) atoms. The lowest BCUT2D eigenvalue weighted by Crippen LogP contribution is -2.69. The molecule has 38 heteroatoms. The van der Waals surface area contributed by atoms with E-state index in [2.05, 4.69) is 47.9 Å². The number of nitrogens with zero attached hydrogens (tertiary/aromatic N) is 1. The number of hydrogen-bond acceptors (Lipinski definition) is 27. The molecule has 0 spiro atoms. The Morgan fingerprint density at radius 1 is 0.606 bits per heavy atom. The fraction of sp³-hybridized carbons (Fsp3) is 0.574. The van der Waals surface area contributed by atoms with Crippen molar-refractivity contribution in [1.29, 1.82) is 10.8 Å². The van der Waals surface area contributed by atoms with Crippen molar-refractivity contribution in [3.8, 4) is 5.75 Å². The van der Waals surface area contributed by atoms with Crippen molar-refractivity contribution >= 4 is 59.0 Å². The van der Waals surface area contributed by atoms with Crippen LogP contribution in [-0.4, -0.2) is 306 Å². The average Bonchev–Trinajstić information content (AvgIpc) is 1.76. The van der Waals surface area contributed by atoms with Crippen LogP contribution in [0, 0.1) is 10.8 Å². The maximum atomic E-state index is 15.2. The monoisotopic (exact) mass is 1420 g/mol. The van der Waals surface area contributed by atoms with Gasteiger partial charge >= 0.3 is 0 Å². The number of aliphatic hydroxyl groups excluding tert-OH is 12. The van der Waals surface area contributed by atoms with Gasteiger partial charge in [0.1, 0.15) is 121 Å². The van der Waals surface area contributed by atoms with E-state index in [0.29, 0.717) is 16.1 Å². The van der Waals surface area contributed by atoms with Crippen molar-refractivity contribution in [2.75, 3.05) is 46.1 Å². The zero-order chi connectivity index (χ0) is 71.3. The van der Waals surface area contributed by atoms with Crippen LogP contribution in [0.15, 0.2) is 78.9 Å². The second-order valence-corrected chi connectivity index (χ2v) is 25.2. The van der Waals surface area contributed by atoms with Gasteiger partial charge in [-0.3, -0.25) is 39.6 Å². The minimum absolute atomic E-state index is 0.0555.